The van der Waals surface area contributed by atoms with Gasteiger partial charge in [-0.05, 0) is 45.7 Å². The first-order valence-corrected chi connectivity index (χ1v) is 8.23. The van der Waals surface area contributed by atoms with Crippen LogP contribution in [-0.4, -0.2) is 5.11 Å². The van der Waals surface area contributed by atoms with Crippen molar-refractivity contribution >= 4 is 21.5 Å². The Kier molecular flexibility index (Phi) is 5.07. The maximum absolute atomic E-state index is 10.2. The largest absolute Gasteiger partial charge is 0.507 e. The van der Waals surface area contributed by atoms with Gasteiger partial charge < -0.3 is 5.11 Å². The van der Waals surface area contributed by atoms with Gasteiger partial charge in [-0.2, -0.15) is 0 Å². The van der Waals surface area contributed by atoms with E-state index in [1.807, 2.05) is 19.9 Å². The number of phenolic OH excluding ortho intramolecular Hbond substituents is 1. The minimum absolute atomic E-state index is 0.366. The fourth-order valence-electron chi connectivity index (χ4n) is 2.93. The molecule has 116 valence electrons. The van der Waals surface area contributed by atoms with Crippen LogP contribution in [0.4, 0.5) is 0 Å². The Bertz CT molecular complexity index is 771. The van der Waals surface area contributed by atoms with Crippen molar-refractivity contribution in [3.63, 3.8) is 0 Å². The summed E-state index contributed by atoms with van der Waals surface area (Å²) in [5, 5.41) is 14.8. The van der Waals surface area contributed by atoms with Gasteiger partial charge in [0.05, 0.1) is 0 Å². The topological polar surface area (TPSA) is 20.2 Å². The van der Waals surface area contributed by atoms with Crippen LogP contribution in [0.15, 0.2) is 48.5 Å². The van der Waals surface area contributed by atoms with Crippen LogP contribution in [0.1, 0.15) is 46.1 Å². The van der Waals surface area contributed by atoms with Gasteiger partial charge in [0.1, 0.15) is 5.75 Å². The number of aromatic hydroxyl groups is 1. The molecular formula is C21H26O. The second kappa shape index (κ2) is 6.83. The molecule has 22 heavy (non-hydrogen) atoms. The van der Waals surface area contributed by atoms with Gasteiger partial charge in [-0.15, -0.1) is 0 Å². The van der Waals surface area contributed by atoms with Crippen LogP contribution in [0.5, 0.6) is 5.75 Å². The minimum Gasteiger partial charge on any atom is -0.507 e. The molecule has 3 rings (SSSR count). The van der Waals surface area contributed by atoms with E-state index in [2.05, 4.69) is 57.2 Å². The summed E-state index contributed by atoms with van der Waals surface area (Å²) in [6.07, 6.45) is 0. The highest BCUT2D eigenvalue weighted by Crippen LogP contribution is 2.39. The lowest BCUT2D eigenvalue weighted by molar-refractivity contribution is 0.481. The first-order valence-electron chi connectivity index (χ1n) is 8.23. The van der Waals surface area contributed by atoms with Crippen LogP contribution in [0.25, 0.3) is 21.5 Å². The quantitative estimate of drug-likeness (QED) is 0.536. The first kappa shape index (κ1) is 16.4. The predicted octanol–water partition coefficient (Wildman–Crippen LogP) is 6.48. The maximum atomic E-state index is 10.2. The van der Waals surface area contributed by atoms with Gasteiger partial charge in [-0.1, -0.05) is 71.0 Å². The molecule has 1 N–H and O–H groups in total. The van der Waals surface area contributed by atoms with E-state index in [1.165, 1.54) is 21.7 Å². The lowest BCUT2D eigenvalue weighted by Gasteiger charge is -2.21. The molecule has 1 atom stereocenters. The molecule has 0 saturated carbocycles. The van der Waals surface area contributed by atoms with E-state index < -0.39 is 0 Å². The normalized spacial score (nSPS) is 12.3. The van der Waals surface area contributed by atoms with Crippen molar-refractivity contribution in [2.24, 2.45) is 5.92 Å². The number of hydrogen-bond acceptors (Lipinski definition) is 1. The van der Waals surface area contributed by atoms with Crippen LogP contribution in [-0.2, 0) is 0 Å². The van der Waals surface area contributed by atoms with Crippen LogP contribution >= 0.6 is 0 Å². The molecule has 0 aliphatic rings. The highest BCUT2D eigenvalue weighted by molar-refractivity contribution is 6.04. The van der Waals surface area contributed by atoms with Crippen LogP contribution < -0.4 is 0 Å². The number of rotatable bonds is 2. The SMILES string of the molecule is CC.CC(C)C(C)c1c2ccccc2cc2c(O)cccc12. The average Bonchev–Trinajstić information content (AvgIpc) is 2.54. The Morgan fingerprint density at radius 1 is 0.773 bits per heavy atom. The number of benzene rings is 3. The van der Waals surface area contributed by atoms with E-state index in [0.29, 0.717) is 17.6 Å². The number of hydrogen-bond donors (Lipinski definition) is 1. The van der Waals surface area contributed by atoms with Gasteiger partial charge in [0.15, 0.2) is 0 Å². The molecule has 0 radical (unpaired) electrons. The van der Waals surface area contributed by atoms with E-state index in [4.69, 9.17) is 0 Å². The first-order chi connectivity index (χ1) is 10.6. The van der Waals surface area contributed by atoms with Crippen molar-refractivity contribution in [1.29, 1.82) is 0 Å². The summed E-state index contributed by atoms with van der Waals surface area (Å²) in [4.78, 5) is 0. The molecule has 1 nitrogen and oxygen atoms in total. The Morgan fingerprint density at radius 2 is 1.41 bits per heavy atom. The highest BCUT2D eigenvalue weighted by atomic mass is 16.3. The molecule has 0 amide bonds. The zero-order chi connectivity index (χ0) is 16.3. The van der Waals surface area contributed by atoms with Crippen molar-refractivity contribution in [3.05, 3.63) is 54.1 Å². The van der Waals surface area contributed by atoms with Crippen molar-refractivity contribution in [2.75, 3.05) is 0 Å². The number of fused-ring (bicyclic) bond motifs is 2. The van der Waals surface area contributed by atoms with Crippen LogP contribution in [0, 0.1) is 5.92 Å². The van der Waals surface area contributed by atoms with E-state index in [1.54, 1.807) is 6.07 Å². The van der Waals surface area contributed by atoms with Gasteiger partial charge in [0, 0.05) is 5.39 Å². The molecule has 1 unspecified atom stereocenters. The summed E-state index contributed by atoms with van der Waals surface area (Å²) < 4.78 is 0. The Hall–Kier alpha value is -2.02. The molecule has 0 saturated heterocycles. The summed E-state index contributed by atoms with van der Waals surface area (Å²) in [5.41, 5.74) is 1.35. The lowest BCUT2D eigenvalue weighted by atomic mass is 9.83. The summed E-state index contributed by atoms with van der Waals surface area (Å²) in [5.74, 6) is 1.38. The third-order valence-electron chi connectivity index (χ3n) is 4.38. The molecule has 0 aliphatic heterocycles. The summed E-state index contributed by atoms with van der Waals surface area (Å²) in [6, 6.07) is 16.4. The molecule has 0 aliphatic carbocycles. The third-order valence-corrected chi connectivity index (χ3v) is 4.38. The van der Waals surface area contributed by atoms with E-state index >= 15 is 0 Å². The molecular weight excluding hydrogens is 268 g/mol. The Balaban J connectivity index is 0.000000847. The molecule has 1 heteroatoms. The van der Waals surface area contributed by atoms with E-state index in [-0.39, 0.29) is 0 Å². The lowest BCUT2D eigenvalue weighted by Crippen LogP contribution is -2.04. The van der Waals surface area contributed by atoms with E-state index in [9.17, 15) is 5.11 Å². The van der Waals surface area contributed by atoms with Gasteiger partial charge in [0.2, 0.25) is 0 Å². The summed E-state index contributed by atoms with van der Waals surface area (Å²) in [6.45, 7) is 10.8. The predicted molar refractivity (Wildman–Crippen MR) is 97.7 cm³/mol. The molecule has 0 aromatic heterocycles. The van der Waals surface area contributed by atoms with Gasteiger partial charge >= 0.3 is 0 Å². The van der Waals surface area contributed by atoms with Crippen molar-refractivity contribution in [3.8, 4) is 5.75 Å². The fraction of sp³-hybridized carbons (Fsp3) is 0.333. The zero-order valence-corrected chi connectivity index (χ0v) is 14.2. The average molecular weight is 294 g/mol. The standard InChI is InChI=1S/C19H20O.C2H6/c1-12(2)13(3)19-15-8-5-4-7-14(15)11-17-16(19)9-6-10-18(17)20;1-2/h4-13,20H,1-3H3;1-2H3. The van der Waals surface area contributed by atoms with Gasteiger partial charge in [0.25, 0.3) is 0 Å². The zero-order valence-electron chi connectivity index (χ0n) is 14.2. The fourth-order valence-corrected chi connectivity index (χ4v) is 2.93. The van der Waals surface area contributed by atoms with Crippen molar-refractivity contribution in [1.82, 2.24) is 0 Å². The number of phenols is 1. The second-order valence-corrected chi connectivity index (χ2v) is 5.92. The molecule has 0 heterocycles. The Morgan fingerprint density at radius 3 is 2.09 bits per heavy atom. The molecule has 0 spiro atoms. The summed E-state index contributed by atoms with van der Waals surface area (Å²) >= 11 is 0. The monoisotopic (exact) mass is 294 g/mol. The third kappa shape index (κ3) is 2.81. The molecule has 3 aromatic carbocycles. The van der Waals surface area contributed by atoms with Gasteiger partial charge in [-0.25, -0.2) is 0 Å². The molecule has 0 fully saturated rings. The second-order valence-electron chi connectivity index (χ2n) is 5.92. The molecule has 0 bridgehead atoms. The van der Waals surface area contributed by atoms with Crippen molar-refractivity contribution < 1.29 is 5.11 Å². The van der Waals surface area contributed by atoms with Gasteiger partial charge in [-0.3, -0.25) is 0 Å². The minimum atomic E-state index is 0.366. The van der Waals surface area contributed by atoms with Crippen molar-refractivity contribution in [2.45, 2.75) is 40.5 Å². The molecule has 3 aromatic rings. The van der Waals surface area contributed by atoms with Crippen LogP contribution in [0.2, 0.25) is 0 Å². The maximum Gasteiger partial charge on any atom is 0.123 e. The van der Waals surface area contributed by atoms with E-state index in [0.717, 1.165) is 5.39 Å². The summed E-state index contributed by atoms with van der Waals surface area (Å²) in [7, 11) is 0. The van der Waals surface area contributed by atoms with Crippen LogP contribution in [0.3, 0.4) is 0 Å². The highest BCUT2D eigenvalue weighted by Gasteiger charge is 2.17. The smallest absolute Gasteiger partial charge is 0.123 e. The Labute approximate surface area is 133 Å².